The van der Waals surface area contributed by atoms with Gasteiger partial charge in [0.05, 0.1) is 0 Å². The predicted octanol–water partition coefficient (Wildman–Crippen LogP) is 3.56. The molecule has 0 spiro atoms. The summed E-state index contributed by atoms with van der Waals surface area (Å²) in [7, 11) is 0. The zero-order valence-electron chi connectivity index (χ0n) is 10.6. The zero-order chi connectivity index (χ0) is 13.8. The third-order valence-electron chi connectivity index (χ3n) is 2.80. The van der Waals surface area contributed by atoms with Crippen molar-refractivity contribution in [3.8, 4) is 5.75 Å². The summed E-state index contributed by atoms with van der Waals surface area (Å²) in [6, 6.07) is 10.4. The Kier molecular flexibility index (Phi) is 4.12. The van der Waals surface area contributed by atoms with Crippen LogP contribution in [0.4, 0.5) is 8.78 Å². The summed E-state index contributed by atoms with van der Waals surface area (Å²) in [5.74, 6) is -0.388. The van der Waals surface area contributed by atoms with Gasteiger partial charge < -0.3 is 10.5 Å². The quantitative estimate of drug-likeness (QED) is 0.915. The van der Waals surface area contributed by atoms with E-state index >= 15 is 0 Å². The zero-order valence-corrected chi connectivity index (χ0v) is 10.6. The molecule has 0 saturated heterocycles. The highest BCUT2D eigenvalue weighted by atomic mass is 19.1. The van der Waals surface area contributed by atoms with Gasteiger partial charge >= 0.3 is 0 Å². The van der Waals surface area contributed by atoms with Crippen molar-refractivity contribution < 1.29 is 13.5 Å². The Balaban J connectivity index is 2.17. The molecular weight excluding hydrogens is 248 g/mol. The Hall–Kier alpha value is -1.94. The van der Waals surface area contributed by atoms with Crippen LogP contribution in [0, 0.1) is 11.6 Å². The lowest BCUT2D eigenvalue weighted by atomic mass is 10.1. The van der Waals surface area contributed by atoms with Crippen LogP contribution in [0.1, 0.15) is 24.1 Å². The van der Waals surface area contributed by atoms with Crippen LogP contribution in [-0.4, -0.2) is 0 Å². The minimum absolute atomic E-state index is 0.0344. The first-order chi connectivity index (χ1) is 9.08. The van der Waals surface area contributed by atoms with Gasteiger partial charge in [-0.3, -0.25) is 0 Å². The molecule has 2 aromatic rings. The molecule has 0 bridgehead atoms. The molecule has 0 aliphatic rings. The van der Waals surface area contributed by atoms with Gasteiger partial charge in [-0.2, -0.15) is 0 Å². The average molecular weight is 263 g/mol. The molecule has 2 nitrogen and oxygen atoms in total. The van der Waals surface area contributed by atoms with Crippen LogP contribution in [0.15, 0.2) is 42.5 Å². The van der Waals surface area contributed by atoms with Crippen LogP contribution >= 0.6 is 0 Å². The van der Waals surface area contributed by atoms with Gasteiger partial charge in [-0.25, -0.2) is 8.78 Å². The van der Waals surface area contributed by atoms with Gasteiger partial charge in [0.1, 0.15) is 24.0 Å². The molecule has 4 heteroatoms. The molecule has 2 aromatic carbocycles. The van der Waals surface area contributed by atoms with Crippen molar-refractivity contribution in [2.45, 2.75) is 19.6 Å². The second-order valence-corrected chi connectivity index (χ2v) is 4.35. The van der Waals surface area contributed by atoms with Gasteiger partial charge in [0, 0.05) is 17.2 Å². The second-order valence-electron chi connectivity index (χ2n) is 4.35. The third-order valence-corrected chi connectivity index (χ3v) is 2.80. The van der Waals surface area contributed by atoms with Gasteiger partial charge in [-0.05, 0) is 31.2 Å². The van der Waals surface area contributed by atoms with Crippen molar-refractivity contribution in [1.82, 2.24) is 0 Å². The van der Waals surface area contributed by atoms with Crippen LogP contribution in [0.25, 0.3) is 0 Å². The number of hydrogen-bond acceptors (Lipinski definition) is 2. The van der Waals surface area contributed by atoms with E-state index < -0.39 is 11.6 Å². The first-order valence-corrected chi connectivity index (χ1v) is 5.99. The smallest absolute Gasteiger partial charge is 0.130 e. The van der Waals surface area contributed by atoms with Crippen molar-refractivity contribution in [2.75, 3.05) is 0 Å². The topological polar surface area (TPSA) is 35.2 Å². The van der Waals surface area contributed by atoms with E-state index in [0.29, 0.717) is 5.75 Å². The third kappa shape index (κ3) is 3.29. The fourth-order valence-corrected chi connectivity index (χ4v) is 1.80. The largest absolute Gasteiger partial charge is 0.488 e. The Labute approximate surface area is 110 Å². The highest BCUT2D eigenvalue weighted by Crippen LogP contribution is 2.24. The van der Waals surface area contributed by atoms with E-state index in [9.17, 15) is 8.78 Å². The van der Waals surface area contributed by atoms with Gasteiger partial charge in [-0.1, -0.05) is 18.2 Å². The number of hydrogen-bond donors (Lipinski definition) is 1. The summed E-state index contributed by atoms with van der Waals surface area (Å²) in [4.78, 5) is 0. The summed E-state index contributed by atoms with van der Waals surface area (Å²) in [6.07, 6.45) is 0. The van der Waals surface area contributed by atoms with Gasteiger partial charge in [0.15, 0.2) is 0 Å². The number of halogens is 2. The van der Waals surface area contributed by atoms with Crippen LogP contribution in [0.3, 0.4) is 0 Å². The highest BCUT2D eigenvalue weighted by molar-refractivity contribution is 5.35. The molecule has 0 aliphatic carbocycles. The summed E-state index contributed by atoms with van der Waals surface area (Å²) in [5, 5.41) is 0. The maximum absolute atomic E-state index is 13.5. The summed E-state index contributed by atoms with van der Waals surface area (Å²) >= 11 is 0. The molecule has 0 aliphatic heterocycles. The molecule has 0 radical (unpaired) electrons. The lowest BCUT2D eigenvalue weighted by Gasteiger charge is -2.14. The van der Waals surface area contributed by atoms with Gasteiger partial charge in [-0.15, -0.1) is 0 Å². The molecule has 0 saturated carbocycles. The van der Waals surface area contributed by atoms with Crippen LogP contribution < -0.4 is 10.5 Å². The Bertz CT molecular complexity index is 570. The molecule has 1 unspecified atom stereocenters. The number of rotatable bonds is 4. The Morgan fingerprint density at radius 2 is 1.89 bits per heavy atom. The summed E-state index contributed by atoms with van der Waals surface area (Å²) < 4.78 is 32.0. The molecule has 0 heterocycles. The van der Waals surface area contributed by atoms with Crippen molar-refractivity contribution in [1.29, 1.82) is 0 Å². The number of nitrogens with two attached hydrogens (primary N) is 1. The van der Waals surface area contributed by atoms with Crippen LogP contribution in [0.5, 0.6) is 5.75 Å². The molecule has 0 aromatic heterocycles. The second kappa shape index (κ2) is 5.80. The predicted molar refractivity (Wildman–Crippen MR) is 69.7 cm³/mol. The summed E-state index contributed by atoms with van der Waals surface area (Å²) in [5.41, 5.74) is 6.84. The lowest BCUT2D eigenvalue weighted by Crippen LogP contribution is -2.08. The van der Waals surface area contributed by atoms with Gasteiger partial charge in [0.2, 0.25) is 0 Å². The van der Waals surface area contributed by atoms with Crippen LogP contribution in [-0.2, 0) is 6.61 Å². The lowest BCUT2D eigenvalue weighted by molar-refractivity contribution is 0.294. The first-order valence-electron chi connectivity index (χ1n) is 5.99. The van der Waals surface area contributed by atoms with Crippen molar-refractivity contribution >= 4 is 0 Å². The SMILES string of the molecule is CC(N)c1ccccc1OCc1cc(F)ccc1F. The molecule has 0 amide bonds. The fourth-order valence-electron chi connectivity index (χ4n) is 1.80. The Morgan fingerprint density at radius 1 is 1.16 bits per heavy atom. The van der Waals surface area contributed by atoms with Gasteiger partial charge in [0.25, 0.3) is 0 Å². The Morgan fingerprint density at radius 3 is 2.63 bits per heavy atom. The monoisotopic (exact) mass is 263 g/mol. The molecule has 0 fully saturated rings. The number of benzene rings is 2. The minimum atomic E-state index is -0.486. The van der Waals surface area contributed by atoms with E-state index in [-0.39, 0.29) is 18.2 Å². The summed E-state index contributed by atoms with van der Waals surface area (Å²) in [6.45, 7) is 1.80. The molecular formula is C15H15F2NO. The minimum Gasteiger partial charge on any atom is -0.488 e. The van der Waals surface area contributed by atoms with E-state index in [4.69, 9.17) is 10.5 Å². The van der Waals surface area contributed by atoms with Crippen molar-refractivity contribution in [3.05, 3.63) is 65.2 Å². The average Bonchev–Trinajstić information content (AvgIpc) is 2.40. The molecule has 100 valence electrons. The molecule has 1 atom stereocenters. The maximum Gasteiger partial charge on any atom is 0.130 e. The van der Waals surface area contributed by atoms with Crippen LogP contribution in [0.2, 0.25) is 0 Å². The fraction of sp³-hybridized carbons (Fsp3) is 0.200. The molecule has 2 rings (SSSR count). The number of para-hydroxylation sites is 1. The maximum atomic E-state index is 13.5. The van der Waals surface area contributed by atoms with E-state index in [1.54, 1.807) is 6.07 Å². The highest BCUT2D eigenvalue weighted by Gasteiger charge is 2.09. The molecule has 2 N–H and O–H groups in total. The molecule has 19 heavy (non-hydrogen) atoms. The van der Waals surface area contributed by atoms with E-state index in [1.807, 2.05) is 25.1 Å². The van der Waals surface area contributed by atoms with Crippen molar-refractivity contribution in [3.63, 3.8) is 0 Å². The van der Waals surface area contributed by atoms with E-state index in [1.165, 1.54) is 0 Å². The van der Waals surface area contributed by atoms with E-state index in [0.717, 1.165) is 23.8 Å². The standard InChI is InChI=1S/C15H15F2NO/c1-10(18)13-4-2-3-5-15(13)19-9-11-8-12(16)6-7-14(11)17/h2-8,10H,9,18H2,1H3. The normalized spacial score (nSPS) is 12.2. The van der Waals surface area contributed by atoms with E-state index in [2.05, 4.69) is 0 Å². The number of ether oxygens (including phenoxy) is 1. The first kappa shape index (κ1) is 13.5. The van der Waals surface area contributed by atoms with Crippen molar-refractivity contribution in [2.24, 2.45) is 5.73 Å².